The van der Waals surface area contributed by atoms with Crippen LogP contribution in [0.4, 0.5) is 16.4 Å². The first-order chi connectivity index (χ1) is 16.3. The third kappa shape index (κ3) is 4.76. The number of para-hydroxylation sites is 2. The molecule has 34 heavy (non-hydrogen) atoms. The Morgan fingerprint density at radius 1 is 1.18 bits per heavy atom. The Balaban J connectivity index is 1.70. The van der Waals surface area contributed by atoms with E-state index in [4.69, 9.17) is 16.3 Å². The first-order valence-electron chi connectivity index (χ1n) is 10.6. The van der Waals surface area contributed by atoms with E-state index in [-0.39, 0.29) is 22.2 Å². The van der Waals surface area contributed by atoms with E-state index in [2.05, 4.69) is 17.6 Å². The topological polar surface area (TPSA) is 111 Å². The lowest BCUT2D eigenvalue weighted by molar-refractivity contribution is -0.384. The molecule has 0 saturated heterocycles. The van der Waals surface area contributed by atoms with Crippen LogP contribution in [0.15, 0.2) is 42.5 Å². The summed E-state index contributed by atoms with van der Waals surface area (Å²) in [5, 5.41) is 17.3. The average Bonchev–Trinajstić information content (AvgIpc) is 3.16. The SMILES string of the molecule is COc1ccccc1NC(=O)c1c(NC(=O)c2cc([N+](=O)[O-])ccc2Cl)sc2c1CC[C@H](C)C2. The molecule has 1 atom stereocenters. The number of carbonyl (C=O) groups excluding carboxylic acids is 2. The van der Waals surface area contributed by atoms with Gasteiger partial charge in [-0.05, 0) is 48.9 Å². The Bertz CT molecular complexity index is 1290. The highest BCUT2D eigenvalue weighted by atomic mass is 35.5. The summed E-state index contributed by atoms with van der Waals surface area (Å²) in [6, 6.07) is 10.7. The van der Waals surface area contributed by atoms with Gasteiger partial charge in [0, 0.05) is 17.0 Å². The van der Waals surface area contributed by atoms with Gasteiger partial charge in [-0.3, -0.25) is 19.7 Å². The highest BCUT2D eigenvalue weighted by Crippen LogP contribution is 2.41. The van der Waals surface area contributed by atoms with Gasteiger partial charge in [0.15, 0.2) is 0 Å². The normalized spacial score (nSPS) is 14.7. The number of nitro benzene ring substituents is 1. The van der Waals surface area contributed by atoms with Crippen molar-refractivity contribution in [2.45, 2.75) is 26.2 Å². The zero-order chi connectivity index (χ0) is 24.4. The fourth-order valence-corrected chi connectivity index (χ4v) is 5.59. The summed E-state index contributed by atoms with van der Waals surface area (Å²) in [5.41, 5.74) is 1.54. The number of fused-ring (bicyclic) bond motifs is 1. The second kappa shape index (κ2) is 9.82. The van der Waals surface area contributed by atoms with Crippen LogP contribution in [-0.4, -0.2) is 23.8 Å². The third-order valence-electron chi connectivity index (χ3n) is 5.73. The molecule has 2 N–H and O–H groups in total. The number of non-ortho nitro benzene ring substituents is 1. The first-order valence-corrected chi connectivity index (χ1v) is 11.8. The smallest absolute Gasteiger partial charge is 0.270 e. The summed E-state index contributed by atoms with van der Waals surface area (Å²) < 4.78 is 5.34. The highest BCUT2D eigenvalue weighted by molar-refractivity contribution is 7.17. The van der Waals surface area contributed by atoms with Crippen LogP contribution >= 0.6 is 22.9 Å². The van der Waals surface area contributed by atoms with Crippen molar-refractivity contribution in [3.05, 3.63) is 79.2 Å². The molecule has 0 radical (unpaired) electrons. The van der Waals surface area contributed by atoms with E-state index in [1.165, 1.54) is 30.6 Å². The molecule has 176 valence electrons. The van der Waals surface area contributed by atoms with Gasteiger partial charge in [0.2, 0.25) is 0 Å². The fraction of sp³-hybridized carbons (Fsp3) is 0.250. The lowest BCUT2D eigenvalue weighted by atomic mass is 9.88. The number of hydrogen-bond acceptors (Lipinski definition) is 6. The molecule has 4 rings (SSSR count). The number of nitrogens with zero attached hydrogens (tertiary/aromatic N) is 1. The van der Waals surface area contributed by atoms with Gasteiger partial charge in [-0.1, -0.05) is 30.7 Å². The number of hydrogen-bond donors (Lipinski definition) is 2. The number of ether oxygens (including phenoxy) is 1. The zero-order valence-corrected chi connectivity index (χ0v) is 20.1. The number of rotatable bonds is 6. The maximum absolute atomic E-state index is 13.4. The van der Waals surface area contributed by atoms with Gasteiger partial charge >= 0.3 is 0 Å². The monoisotopic (exact) mass is 499 g/mol. The van der Waals surface area contributed by atoms with Crippen LogP contribution in [0.5, 0.6) is 5.75 Å². The summed E-state index contributed by atoms with van der Waals surface area (Å²) in [5.74, 6) is -0.00254. The minimum atomic E-state index is -0.619. The molecule has 3 aromatic rings. The molecular weight excluding hydrogens is 478 g/mol. The number of nitro groups is 1. The summed E-state index contributed by atoms with van der Waals surface area (Å²) in [6.07, 6.45) is 2.46. The zero-order valence-electron chi connectivity index (χ0n) is 18.5. The molecule has 1 aromatic heterocycles. The van der Waals surface area contributed by atoms with Crippen molar-refractivity contribution in [2.75, 3.05) is 17.7 Å². The molecular formula is C24H22ClN3O5S. The molecule has 2 aromatic carbocycles. The molecule has 10 heteroatoms. The molecule has 0 unspecified atom stereocenters. The van der Waals surface area contributed by atoms with E-state index in [0.717, 1.165) is 35.8 Å². The van der Waals surface area contributed by atoms with Gasteiger partial charge in [-0.15, -0.1) is 11.3 Å². The van der Waals surface area contributed by atoms with Crippen LogP contribution in [0.25, 0.3) is 0 Å². The Hall–Kier alpha value is -3.43. The molecule has 1 heterocycles. The van der Waals surface area contributed by atoms with Crippen molar-refractivity contribution >= 4 is 51.1 Å². The van der Waals surface area contributed by atoms with Crippen molar-refractivity contribution in [1.82, 2.24) is 0 Å². The van der Waals surface area contributed by atoms with Crippen molar-refractivity contribution in [3.63, 3.8) is 0 Å². The lowest BCUT2D eigenvalue weighted by Crippen LogP contribution is -2.20. The maximum atomic E-state index is 13.4. The molecule has 1 aliphatic rings. The number of benzene rings is 2. The number of amides is 2. The van der Waals surface area contributed by atoms with Crippen molar-refractivity contribution in [1.29, 1.82) is 0 Å². The minimum Gasteiger partial charge on any atom is -0.495 e. The Morgan fingerprint density at radius 3 is 2.68 bits per heavy atom. The van der Waals surface area contributed by atoms with Crippen molar-refractivity contribution in [3.8, 4) is 5.75 Å². The Morgan fingerprint density at radius 2 is 1.94 bits per heavy atom. The number of thiophene rings is 1. The number of nitrogens with one attached hydrogen (secondary N) is 2. The van der Waals surface area contributed by atoms with Crippen LogP contribution in [0.1, 0.15) is 44.5 Å². The van der Waals surface area contributed by atoms with E-state index < -0.39 is 10.8 Å². The van der Waals surface area contributed by atoms with Gasteiger partial charge in [-0.2, -0.15) is 0 Å². The molecule has 2 amide bonds. The highest BCUT2D eigenvalue weighted by Gasteiger charge is 2.29. The number of methoxy groups -OCH3 is 1. The molecule has 8 nitrogen and oxygen atoms in total. The number of anilines is 2. The van der Waals surface area contributed by atoms with Crippen LogP contribution in [0.2, 0.25) is 5.02 Å². The van der Waals surface area contributed by atoms with Gasteiger partial charge in [0.1, 0.15) is 10.8 Å². The van der Waals surface area contributed by atoms with Gasteiger partial charge in [-0.25, -0.2) is 0 Å². The Kier molecular flexibility index (Phi) is 6.85. The van der Waals surface area contributed by atoms with Gasteiger partial charge in [0.05, 0.1) is 33.9 Å². The molecule has 0 fully saturated rings. The Labute approximate surface area is 205 Å². The van der Waals surface area contributed by atoms with Crippen molar-refractivity contribution < 1.29 is 19.2 Å². The van der Waals surface area contributed by atoms with Gasteiger partial charge < -0.3 is 15.4 Å². The van der Waals surface area contributed by atoms with Crippen LogP contribution in [-0.2, 0) is 12.8 Å². The second-order valence-corrected chi connectivity index (χ2v) is 9.60. The third-order valence-corrected chi connectivity index (χ3v) is 7.23. The quantitative estimate of drug-likeness (QED) is 0.321. The lowest BCUT2D eigenvalue weighted by Gasteiger charge is -2.19. The fourth-order valence-electron chi connectivity index (χ4n) is 3.98. The van der Waals surface area contributed by atoms with Crippen molar-refractivity contribution in [2.24, 2.45) is 5.92 Å². The van der Waals surface area contributed by atoms with Crippen LogP contribution in [0.3, 0.4) is 0 Å². The average molecular weight is 500 g/mol. The molecule has 1 aliphatic carbocycles. The van der Waals surface area contributed by atoms with Crippen LogP contribution in [0, 0.1) is 16.0 Å². The minimum absolute atomic E-state index is 0.0355. The van der Waals surface area contributed by atoms with E-state index in [1.54, 1.807) is 24.3 Å². The molecule has 0 bridgehead atoms. The predicted molar refractivity (Wildman–Crippen MR) is 133 cm³/mol. The number of halogens is 1. The number of carbonyl (C=O) groups is 2. The van der Waals surface area contributed by atoms with Crippen LogP contribution < -0.4 is 15.4 Å². The molecule has 0 spiro atoms. The van der Waals surface area contributed by atoms with E-state index in [9.17, 15) is 19.7 Å². The van der Waals surface area contributed by atoms with E-state index >= 15 is 0 Å². The first kappa shape index (κ1) is 23.7. The summed E-state index contributed by atoms with van der Waals surface area (Å²) in [4.78, 5) is 38.1. The molecule has 0 aliphatic heterocycles. The predicted octanol–water partition coefficient (Wildman–Crippen LogP) is 5.95. The summed E-state index contributed by atoms with van der Waals surface area (Å²) in [7, 11) is 1.52. The standard InChI is InChI=1S/C24H22ClN3O5S/c1-13-7-9-15-20(11-13)34-24(21(15)23(30)26-18-5-3-4-6-19(18)33-2)27-22(29)16-12-14(28(31)32)8-10-17(16)25/h3-6,8,10,12-13H,7,9,11H2,1-2H3,(H,26,30)(H,27,29)/t13-/m0/s1. The summed E-state index contributed by atoms with van der Waals surface area (Å²) in [6.45, 7) is 2.15. The second-order valence-electron chi connectivity index (χ2n) is 8.09. The summed E-state index contributed by atoms with van der Waals surface area (Å²) >= 11 is 7.50. The molecule has 0 saturated carbocycles. The van der Waals surface area contributed by atoms with E-state index in [0.29, 0.717) is 27.9 Å². The van der Waals surface area contributed by atoms with Gasteiger partial charge in [0.25, 0.3) is 17.5 Å². The largest absolute Gasteiger partial charge is 0.495 e. The maximum Gasteiger partial charge on any atom is 0.270 e. The van der Waals surface area contributed by atoms with E-state index in [1.807, 2.05) is 0 Å².